The summed E-state index contributed by atoms with van der Waals surface area (Å²) in [7, 11) is 0. The first-order valence-corrected chi connectivity index (χ1v) is 5.90. The Bertz CT molecular complexity index is 352. The Morgan fingerprint density at radius 2 is 1.94 bits per heavy atom. The van der Waals surface area contributed by atoms with Gasteiger partial charge in [0.2, 0.25) is 0 Å². The van der Waals surface area contributed by atoms with E-state index in [1.54, 1.807) is 24.3 Å². The maximum absolute atomic E-state index is 12.1. The number of halogens is 2. The number of benzene rings is 1. The molecule has 1 aromatic rings. The molecule has 5 heteroatoms. The number of rotatable bonds is 4. The molecule has 0 unspecified atom stereocenters. The molecule has 1 fully saturated rings. The zero-order chi connectivity index (χ0) is 11.6. The van der Waals surface area contributed by atoms with Crippen LogP contribution in [0.3, 0.4) is 0 Å². The normalized spacial score (nSPS) is 18.2. The summed E-state index contributed by atoms with van der Waals surface area (Å²) in [5, 5.41) is 3.13. The molecule has 0 amide bonds. The molecule has 0 radical (unpaired) electrons. The summed E-state index contributed by atoms with van der Waals surface area (Å²) in [6.07, 6.45) is 0. The molecule has 0 aliphatic carbocycles. The van der Waals surface area contributed by atoms with Crippen LogP contribution in [-0.4, -0.2) is 24.4 Å². The van der Waals surface area contributed by atoms with Crippen molar-refractivity contribution in [3.63, 3.8) is 0 Å². The molecular weight excluding hydrogens is 232 g/mol. The van der Waals surface area contributed by atoms with E-state index in [9.17, 15) is 8.78 Å². The number of thioether (sulfide) groups is 1. The molecule has 1 heterocycles. The molecule has 2 rings (SSSR count). The molecule has 0 aromatic heterocycles. The average Bonchev–Trinajstić information content (AvgIpc) is 2.18. The van der Waals surface area contributed by atoms with Gasteiger partial charge in [-0.15, -0.1) is 0 Å². The van der Waals surface area contributed by atoms with Crippen LogP contribution < -0.4 is 10.1 Å². The zero-order valence-electron chi connectivity index (χ0n) is 8.87. The summed E-state index contributed by atoms with van der Waals surface area (Å²) in [5.41, 5.74) is -0.155. The first-order valence-electron chi connectivity index (χ1n) is 5.02. The van der Waals surface area contributed by atoms with Gasteiger partial charge in [-0.3, -0.25) is 0 Å². The Kier molecular flexibility index (Phi) is 3.35. The second-order valence-corrected chi connectivity index (χ2v) is 5.07. The maximum atomic E-state index is 12.1. The Morgan fingerprint density at radius 3 is 2.38 bits per heavy atom. The highest BCUT2D eigenvalue weighted by atomic mass is 32.2. The van der Waals surface area contributed by atoms with Gasteiger partial charge < -0.3 is 10.1 Å². The van der Waals surface area contributed by atoms with Gasteiger partial charge in [0, 0.05) is 18.0 Å². The predicted octanol–water partition coefficient (Wildman–Crippen LogP) is 2.74. The second kappa shape index (κ2) is 4.59. The molecule has 88 valence electrons. The molecule has 0 spiro atoms. The molecule has 1 saturated heterocycles. The van der Waals surface area contributed by atoms with Crippen molar-refractivity contribution in [2.24, 2.45) is 0 Å². The molecule has 16 heavy (non-hydrogen) atoms. The van der Waals surface area contributed by atoms with E-state index >= 15 is 0 Å². The predicted molar refractivity (Wildman–Crippen MR) is 60.2 cm³/mol. The molecule has 0 bridgehead atoms. The molecule has 1 aliphatic heterocycles. The molecule has 1 aliphatic rings. The van der Waals surface area contributed by atoms with Crippen molar-refractivity contribution in [3.05, 3.63) is 24.3 Å². The molecule has 1 N–H and O–H groups in total. The maximum Gasteiger partial charge on any atom is 0.288 e. The Hall–Kier alpha value is -0.810. The highest BCUT2D eigenvalue weighted by Gasteiger charge is 2.33. The van der Waals surface area contributed by atoms with Crippen molar-refractivity contribution < 1.29 is 13.5 Å². The van der Waals surface area contributed by atoms with Gasteiger partial charge >= 0.3 is 0 Å². The van der Waals surface area contributed by atoms with Crippen molar-refractivity contribution in [2.75, 3.05) is 13.1 Å². The average molecular weight is 245 g/mol. The van der Waals surface area contributed by atoms with E-state index < -0.39 is 5.76 Å². The van der Waals surface area contributed by atoms with Crippen LogP contribution in [-0.2, 0) is 0 Å². The number of hydrogen-bond donors (Lipinski definition) is 1. The molecule has 2 nitrogen and oxygen atoms in total. The first kappa shape index (κ1) is 11.7. The van der Waals surface area contributed by atoms with Gasteiger partial charge in [0.05, 0.1) is 0 Å². The second-order valence-electron chi connectivity index (χ2n) is 4.01. The highest BCUT2D eigenvalue weighted by Crippen LogP contribution is 2.28. The van der Waals surface area contributed by atoms with Gasteiger partial charge in [0.1, 0.15) is 11.4 Å². The van der Waals surface area contributed by atoms with Crippen molar-refractivity contribution in [2.45, 2.75) is 23.2 Å². The van der Waals surface area contributed by atoms with E-state index in [0.29, 0.717) is 16.7 Å². The van der Waals surface area contributed by atoms with Crippen LogP contribution in [0.25, 0.3) is 0 Å². The summed E-state index contributed by atoms with van der Waals surface area (Å²) in [5.74, 6) is -1.65. The Balaban J connectivity index is 1.96. The molecular formula is C11H13F2NOS. The Morgan fingerprint density at radius 1 is 1.31 bits per heavy atom. The van der Waals surface area contributed by atoms with Crippen molar-refractivity contribution in [1.29, 1.82) is 0 Å². The minimum Gasteiger partial charge on any atom is -0.485 e. The van der Waals surface area contributed by atoms with Crippen LogP contribution in [0.15, 0.2) is 29.2 Å². The lowest BCUT2D eigenvalue weighted by Gasteiger charge is -2.39. The smallest absolute Gasteiger partial charge is 0.288 e. The van der Waals surface area contributed by atoms with Gasteiger partial charge in [-0.05, 0) is 31.2 Å². The SMILES string of the molecule is CC1(Oc2ccc(SC(F)F)cc2)CNC1. The number of hydrogen-bond acceptors (Lipinski definition) is 3. The summed E-state index contributed by atoms with van der Waals surface area (Å²) in [4.78, 5) is 0.555. The largest absolute Gasteiger partial charge is 0.485 e. The fourth-order valence-electron chi connectivity index (χ4n) is 1.52. The van der Waals surface area contributed by atoms with E-state index in [0.717, 1.165) is 18.8 Å². The van der Waals surface area contributed by atoms with Crippen LogP contribution >= 0.6 is 11.8 Å². The number of ether oxygens (including phenoxy) is 1. The highest BCUT2D eigenvalue weighted by molar-refractivity contribution is 7.99. The van der Waals surface area contributed by atoms with E-state index in [1.165, 1.54) is 0 Å². The zero-order valence-corrected chi connectivity index (χ0v) is 9.69. The topological polar surface area (TPSA) is 21.3 Å². The molecule has 1 aromatic carbocycles. The monoisotopic (exact) mass is 245 g/mol. The van der Waals surface area contributed by atoms with E-state index in [2.05, 4.69) is 5.32 Å². The Labute approximate surface area is 97.4 Å². The quantitative estimate of drug-likeness (QED) is 0.824. The van der Waals surface area contributed by atoms with Gasteiger partial charge in [0.25, 0.3) is 5.76 Å². The third-order valence-corrected chi connectivity index (χ3v) is 3.13. The van der Waals surface area contributed by atoms with E-state index in [4.69, 9.17) is 4.74 Å². The van der Waals surface area contributed by atoms with Gasteiger partial charge in [-0.25, -0.2) is 0 Å². The minimum absolute atomic E-state index is 0.155. The van der Waals surface area contributed by atoms with Gasteiger partial charge in [-0.1, -0.05) is 11.8 Å². The van der Waals surface area contributed by atoms with Crippen LogP contribution in [0, 0.1) is 0 Å². The minimum atomic E-state index is -2.37. The van der Waals surface area contributed by atoms with Crippen LogP contribution in [0.1, 0.15) is 6.92 Å². The van der Waals surface area contributed by atoms with Gasteiger partial charge in [0.15, 0.2) is 0 Å². The van der Waals surface area contributed by atoms with Crippen LogP contribution in [0.5, 0.6) is 5.75 Å². The first-order chi connectivity index (χ1) is 7.57. The number of nitrogens with one attached hydrogen (secondary N) is 1. The van der Waals surface area contributed by atoms with Crippen LogP contribution in [0.4, 0.5) is 8.78 Å². The third kappa shape index (κ3) is 2.86. The summed E-state index contributed by atoms with van der Waals surface area (Å²) in [6, 6.07) is 6.77. The number of alkyl halides is 2. The van der Waals surface area contributed by atoms with Crippen LogP contribution in [0.2, 0.25) is 0 Å². The van der Waals surface area contributed by atoms with E-state index in [-0.39, 0.29) is 5.60 Å². The lowest BCUT2D eigenvalue weighted by Crippen LogP contribution is -2.60. The standard InChI is InChI=1S/C11H13F2NOS/c1-11(6-14-7-11)15-8-2-4-9(5-3-8)16-10(12)13/h2-5,10,14H,6-7H2,1H3. The van der Waals surface area contributed by atoms with Gasteiger partial charge in [-0.2, -0.15) is 8.78 Å². The summed E-state index contributed by atoms with van der Waals surface area (Å²) in [6.45, 7) is 3.66. The lowest BCUT2D eigenvalue weighted by molar-refractivity contribution is 0.0348. The summed E-state index contributed by atoms with van der Waals surface area (Å²) >= 11 is 0.544. The van der Waals surface area contributed by atoms with Crippen molar-refractivity contribution in [1.82, 2.24) is 5.32 Å². The van der Waals surface area contributed by atoms with Crippen molar-refractivity contribution >= 4 is 11.8 Å². The van der Waals surface area contributed by atoms with Crippen molar-refractivity contribution in [3.8, 4) is 5.75 Å². The van der Waals surface area contributed by atoms with E-state index in [1.807, 2.05) is 6.92 Å². The summed E-state index contributed by atoms with van der Waals surface area (Å²) < 4.78 is 29.9. The molecule has 0 saturated carbocycles. The fraction of sp³-hybridized carbons (Fsp3) is 0.455. The lowest BCUT2D eigenvalue weighted by atomic mass is 10.00. The third-order valence-electron chi connectivity index (χ3n) is 2.41. The molecule has 0 atom stereocenters. The fourth-order valence-corrected chi connectivity index (χ4v) is 2.02.